The minimum atomic E-state index is 0.671. The molecule has 54 heavy (non-hydrogen) atoms. The molecular formula is C48H37N5O. The lowest BCUT2D eigenvalue weighted by Crippen LogP contribution is -2.34. The molecule has 6 nitrogen and oxygen atoms in total. The Hall–Kier alpha value is -6.76. The molecule has 10 rings (SSSR count). The molecule has 0 saturated carbocycles. The van der Waals surface area contributed by atoms with Gasteiger partial charge in [0.1, 0.15) is 0 Å². The van der Waals surface area contributed by atoms with Gasteiger partial charge >= 0.3 is 0 Å². The fourth-order valence-corrected chi connectivity index (χ4v) is 7.94. The van der Waals surface area contributed by atoms with E-state index in [9.17, 15) is 0 Å². The minimum absolute atomic E-state index is 0.671. The molecule has 0 amide bonds. The highest BCUT2D eigenvalue weighted by Crippen LogP contribution is 2.41. The van der Waals surface area contributed by atoms with E-state index in [1.807, 2.05) is 0 Å². The Labute approximate surface area is 313 Å². The molecule has 3 aliphatic rings. The predicted molar refractivity (Wildman–Crippen MR) is 222 cm³/mol. The van der Waals surface area contributed by atoms with Gasteiger partial charge in [-0.05, 0) is 64.7 Å². The third-order valence-corrected chi connectivity index (χ3v) is 10.4. The molecule has 0 unspecified atom stereocenters. The smallest absolute Gasteiger partial charge is 0.0970 e. The van der Waals surface area contributed by atoms with Crippen LogP contribution >= 0.6 is 0 Å². The Morgan fingerprint density at radius 2 is 0.815 bits per heavy atom. The molecule has 3 aromatic heterocycles. The van der Waals surface area contributed by atoms with Gasteiger partial charge in [0.05, 0.1) is 41.7 Å². The summed E-state index contributed by atoms with van der Waals surface area (Å²) in [7, 11) is 0. The summed E-state index contributed by atoms with van der Waals surface area (Å²) in [4.78, 5) is 21.2. The van der Waals surface area contributed by atoms with E-state index in [2.05, 4.69) is 179 Å². The van der Waals surface area contributed by atoms with Crippen molar-refractivity contribution in [3.63, 3.8) is 0 Å². The average Bonchev–Trinajstić information content (AvgIpc) is 4.07. The van der Waals surface area contributed by atoms with Gasteiger partial charge in [-0.15, -0.1) is 0 Å². The molecule has 7 aromatic rings. The number of ether oxygens (including phenoxy) is 1. The van der Waals surface area contributed by atoms with Gasteiger partial charge in [-0.2, -0.15) is 0 Å². The van der Waals surface area contributed by atoms with Crippen molar-refractivity contribution >= 4 is 46.0 Å². The van der Waals surface area contributed by atoms with Crippen LogP contribution in [0.25, 0.3) is 90.5 Å². The van der Waals surface area contributed by atoms with Crippen LogP contribution in [0, 0.1) is 0 Å². The summed E-state index contributed by atoms with van der Waals surface area (Å²) in [5, 5.41) is 0. The third kappa shape index (κ3) is 5.74. The Kier molecular flexibility index (Phi) is 8.08. The van der Waals surface area contributed by atoms with E-state index < -0.39 is 0 Å². The standard InChI is InChI=1S/C48H37N5O/c1-5-13-32(14-6-1)44-36-21-22-37(49-36)45(33-15-7-2-8-16-33)39-25-26-41(51-39)47(35-19-11-4-12-20-35)48-43(53-27-29-54-30-28-53)31-42(52-48)46(34-17-9-3-10-18-34)40-24-23-38(44)50-40/h1-26,31,50-51H,27-30H2. The first-order chi connectivity index (χ1) is 26.8. The molecule has 6 heteroatoms. The van der Waals surface area contributed by atoms with Crippen molar-refractivity contribution in [2.75, 3.05) is 26.3 Å². The monoisotopic (exact) mass is 699 g/mol. The highest BCUT2D eigenvalue weighted by atomic mass is 16.5. The zero-order valence-electron chi connectivity index (χ0n) is 29.7. The molecule has 0 spiro atoms. The number of H-pyrrole nitrogens is 2. The number of morpholine rings is 1. The van der Waals surface area contributed by atoms with E-state index in [4.69, 9.17) is 14.7 Å². The predicted octanol–water partition coefficient (Wildman–Crippen LogP) is 11.0. The van der Waals surface area contributed by atoms with Crippen molar-refractivity contribution in [1.82, 2.24) is 24.8 Å². The topological polar surface area (TPSA) is 69.8 Å². The second-order valence-corrected chi connectivity index (χ2v) is 13.7. The zero-order chi connectivity index (χ0) is 35.8. The lowest BCUT2D eigenvalue weighted by molar-refractivity contribution is 0.0642. The summed E-state index contributed by atoms with van der Waals surface area (Å²) in [5.74, 6) is 0. The molecule has 8 bridgehead atoms. The van der Waals surface area contributed by atoms with Crippen molar-refractivity contribution in [1.29, 1.82) is 0 Å². The van der Waals surface area contributed by atoms with Gasteiger partial charge < -0.3 is 19.6 Å². The third-order valence-electron chi connectivity index (χ3n) is 10.4. The van der Waals surface area contributed by atoms with E-state index in [0.29, 0.717) is 13.2 Å². The van der Waals surface area contributed by atoms with Crippen molar-refractivity contribution < 1.29 is 4.74 Å². The number of nitrogens with zero attached hydrogens (tertiary/aromatic N) is 3. The van der Waals surface area contributed by atoms with E-state index in [-0.39, 0.29) is 0 Å². The number of aromatic nitrogens is 4. The van der Waals surface area contributed by atoms with E-state index in [1.54, 1.807) is 0 Å². The Morgan fingerprint density at radius 3 is 1.26 bits per heavy atom. The lowest BCUT2D eigenvalue weighted by Gasteiger charge is -2.30. The molecule has 6 heterocycles. The van der Waals surface area contributed by atoms with Gasteiger partial charge in [0.25, 0.3) is 0 Å². The Morgan fingerprint density at radius 1 is 0.426 bits per heavy atom. The van der Waals surface area contributed by atoms with Crippen LogP contribution in [-0.4, -0.2) is 51.1 Å². The first-order valence-corrected chi connectivity index (χ1v) is 18.5. The van der Waals surface area contributed by atoms with E-state index in [0.717, 1.165) is 108 Å². The molecule has 1 saturated heterocycles. The molecule has 0 atom stereocenters. The first-order valence-electron chi connectivity index (χ1n) is 18.5. The van der Waals surface area contributed by atoms with Gasteiger partial charge in [0, 0.05) is 57.4 Å². The molecule has 0 aliphatic carbocycles. The first kappa shape index (κ1) is 31.9. The van der Waals surface area contributed by atoms with E-state index >= 15 is 0 Å². The largest absolute Gasteiger partial charge is 0.378 e. The second-order valence-electron chi connectivity index (χ2n) is 13.7. The van der Waals surface area contributed by atoms with Crippen molar-refractivity contribution in [2.45, 2.75) is 0 Å². The van der Waals surface area contributed by atoms with Gasteiger partial charge in [-0.25, -0.2) is 9.97 Å². The molecule has 4 aromatic carbocycles. The van der Waals surface area contributed by atoms with Crippen LogP contribution in [0.1, 0.15) is 22.8 Å². The molecule has 1 fully saturated rings. The maximum atomic E-state index is 5.85. The molecular weight excluding hydrogens is 663 g/mol. The van der Waals surface area contributed by atoms with Crippen LogP contribution in [0.5, 0.6) is 0 Å². The molecule has 0 radical (unpaired) electrons. The maximum absolute atomic E-state index is 5.85. The van der Waals surface area contributed by atoms with Gasteiger partial charge in [0.2, 0.25) is 0 Å². The van der Waals surface area contributed by atoms with Crippen molar-refractivity contribution in [3.05, 3.63) is 168 Å². The number of benzene rings is 4. The highest BCUT2D eigenvalue weighted by Gasteiger charge is 2.26. The number of rotatable bonds is 5. The number of fused-ring (bicyclic) bond motifs is 8. The molecule has 260 valence electrons. The SMILES string of the molecule is C1=Cc2nc1c(-c1ccccc1)c1ccc([nH]1)c(-c1ccccc1)c1nc(c(-c3ccccc3)c3ccc([nH]3)c2-c2ccccc2)C(N2CCOCC2)=C1. The quantitative estimate of drug-likeness (QED) is 0.188. The van der Waals surface area contributed by atoms with Crippen LogP contribution in [0.4, 0.5) is 0 Å². The number of nitrogens with one attached hydrogen (secondary N) is 2. The van der Waals surface area contributed by atoms with Crippen LogP contribution in [0.3, 0.4) is 0 Å². The van der Waals surface area contributed by atoms with E-state index in [1.165, 1.54) is 0 Å². The average molecular weight is 700 g/mol. The molecule has 3 aliphatic heterocycles. The van der Waals surface area contributed by atoms with Gasteiger partial charge in [0.15, 0.2) is 0 Å². The summed E-state index contributed by atoms with van der Waals surface area (Å²) in [6.45, 7) is 2.92. The highest BCUT2D eigenvalue weighted by molar-refractivity contribution is 6.01. The zero-order valence-corrected chi connectivity index (χ0v) is 29.7. The Bertz CT molecular complexity index is 2720. The lowest BCUT2D eigenvalue weighted by atomic mass is 10.0. The second kappa shape index (κ2) is 13.7. The summed E-state index contributed by atoms with van der Waals surface area (Å²) in [5.41, 5.74) is 17.2. The van der Waals surface area contributed by atoms with Gasteiger partial charge in [-0.3, -0.25) is 0 Å². The number of hydrogen-bond donors (Lipinski definition) is 2. The Balaban J connectivity index is 1.41. The minimum Gasteiger partial charge on any atom is -0.378 e. The number of aromatic amines is 2. The summed E-state index contributed by atoms with van der Waals surface area (Å²) in [6, 6.07) is 51.1. The fourth-order valence-electron chi connectivity index (χ4n) is 7.94. The molecule has 2 N–H and O–H groups in total. The maximum Gasteiger partial charge on any atom is 0.0970 e. The van der Waals surface area contributed by atoms with Crippen LogP contribution in [0.2, 0.25) is 0 Å². The fraction of sp³-hybridized carbons (Fsp3) is 0.0833. The van der Waals surface area contributed by atoms with Crippen LogP contribution in [-0.2, 0) is 4.74 Å². The summed E-state index contributed by atoms with van der Waals surface area (Å²) in [6.07, 6.45) is 6.57. The van der Waals surface area contributed by atoms with Crippen LogP contribution in [0.15, 0.2) is 146 Å². The summed E-state index contributed by atoms with van der Waals surface area (Å²) < 4.78 is 5.85. The van der Waals surface area contributed by atoms with Gasteiger partial charge in [-0.1, -0.05) is 121 Å². The van der Waals surface area contributed by atoms with Crippen molar-refractivity contribution in [2.24, 2.45) is 0 Å². The van der Waals surface area contributed by atoms with Crippen molar-refractivity contribution in [3.8, 4) is 44.5 Å². The van der Waals surface area contributed by atoms with Crippen LogP contribution < -0.4 is 0 Å². The summed E-state index contributed by atoms with van der Waals surface area (Å²) >= 11 is 0. The normalized spacial score (nSPS) is 13.9. The number of hydrogen-bond acceptors (Lipinski definition) is 4.